The van der Waals surface area contributed by atoms with Gasteiger partial charge in [-0.05, 0) is 48.4 Å². The molecule has 0 aliphatic carbocycles. The maximum Gasteiger partial charge on any atom is 0.328 e. The molecule has 0 spiro atoms. The smallest absolute Gasteiger partial charge is 0.328 e. The fourth-order valence-electron chi connectivity index (χ4n) is 4.68. The molecule has 11 heteroatoms. The number of amides is 2. The van der Waals surface area contributed by atoms with E-state index in [2.05, 4.69) is 10.6 Å². The van der Waals surface area contributed by atoms with Crippen molar-refractivity contribution >= 4 is 33.5 Å². The summed E-state index contributed by atoms with van der Waals surface area (Å²) in [6.07, 6.45) is 0.113. The van der Waals surface area contributed by atoms with E-state index in [1.807, 2.05) is 33.8 Å². The summed E-state index contributed by atoms with van der Waals surface area (Å²) in [5.41, 5.74) is 1.22. The molecule has 238 valence electrons. The van der Waals surface area contributed by atoms with Crippen LogP contribution in [0.3, 0.4) is 0 Å². The van der Waals surface area contributed by atoms with E-state index in [1.165, 1.54) is 20.2 Å². The summed E-state index contributed by atoms with van der Waals surface area (Å²) in [7, 11) is -0.996. The van der Waals surface area contributed by atoms with Crippen LogP contribution < -0.4 is 14.9 Å². The first-order valence-corrected chi connectivity index (χ1v) is 16.3. The van der Waals surface area contributed by atoms with Crippen LogP contribution in [0, 0.1) is 17.8 Å². The molecule has 43 heavy (non-hydrogen) atoms. The third-order valence-electron chi connectivity index (χ3n) is 7.60. The second-order valence-corrected chi connectivity index (χ2v) is 13.6. The third kappa shape index (κ3) is 10.7. The first-order valence-electron chi connectivity index (χ1n) is 14.7. The quantitative estimate of drug-likeness (QED) is 0.243. The lowest BCUT2D eigenvalue weighted by Crippen LogP contribution is -2.49. The summed E-state index contributed by atoms with van der Waals surface area (Å²) in [6.45, 7) is 9.34. The number of ether oxygens (including phenoxy) is 1. The molecular formula is C32H47N3O7S. The van der Waals surface area contributed by atoms with E-state index in [0.717, 1.165) is 4.31 Å². The van der Waals surface area contributed by atoms with Gasteiger partial charge in [-0.2, -0.15) is 0 Å². The molecule has 2 aromatic carbocycles. The highest BCUT2D eigenvalue weighted by molar-refractivity contribution is 7.92. The number of esters is 1. The first-order chi connectivity index (χ1) is 20.2. The zero-order valence-corrected chi connectivity index (χ0v) is 27.1. The van der Waals surface area contributed by atoms with Crippen LogP contribution in [0.5, 0.6) is 0 Å². The summed E-state index contributed by atoms with van der Waals surface area (Å²) in [5, 5.41) is 16.8. The number of carbonyl (C=O) groups excluding carboxylic acids is 3. The normalized spacial score (nSPS) is 15.1. The van der Waals surface area contributed by atoms with Crippen LogP contribution in [0.4, 0.5) is 5.69 Å². The predicted octanol–water partition coefficient (Wildman–Crippen LogP) is 3.89. The second kappa shape index (κ2) is 16.4. The lowest BCUT2D eigenvalue weighted by Gasteiger charge is -2.29. The van der Waals surface area contributed by atoms with Gasteiger partial charge in [-0.15, -0.1) is 0 Å². The Hall–Kier alpha value is -3.44. The zero-order valence-electron chi connectivity index (χ0n) is 26.2. The Morgan fingerprint density at radius 1 is 0.953 bits per heavy atom. The molecule has 0 unspecified atom stereocenters. The van der Waals surface area contributed by atoms with Gasteiger partial charge in [0, 0.05) is 18.5 Å². The van der Waals surface area contributed by atoms with Crippen LogP contribution in [0.15, 0.2) is 54.6 Å². The molecule has 2 rings (SSSR count). The van der Waals surface area contributed by atoms with Crippen molar-refractivity contribution in [1.29, 1.82) is 0 Å². The molecule has 0 saturated heterocycles. The number of hydrogen-bond acceptors (Lipinski definition) is 7. The minimum absolute atomic E-state index is 0.0540. The highest BCUT2D eigenvalue weighted by Crippen LogP contribution is 2.22. The van der Waals surface area contributed by atoms with Gasteiger partial charge in [0.15, 0.2) is 0 Å². The summed E-state index contributed by atoms with van der Waals surface area (Å²) >= 11 is 0. The van der Waals surface area contributed by atoms with Gasteiger partial charge in [-0.25, -0.2) is 13.2 Å². The van der Waals surface area contributed by atoms with Gasteiger partial charge in [0.2, 0.25) is 15.9 Å². The van der Waals surface area contributed by atoms with Crippen molar-refractivity contribution in [2.75, 3.05) is 18.5 Å². The summed E-state index contributed by atoms with van der Waals surface area (Å²) < 4.78 is 32.1. The number of nitrogens with one attached hydrogen (secondary N) is 2. The number of aliphatic hydroxyl groups excluding tert-OH is 1. The Balaban J connectivity index is 2.15. The number of carbonyl (C=O) groups is 3. The molecule has 10 nitrogen and oxygen atoms in total. The maximum absolute atomic E-state index is 13.3. The van der Waals surface area contributed by atoms with Crippen LogP contribution in [0.25, 0.3) is 0 Å². The van der Waals surface area contributed by atoms with Gasteiger partial charge in [-0.1, -0.05) is 77.4 Å². The second-order valence-electron chi connectivity index (χ2n) is 11.6. The van der Waals surface area contributed by atoms with Gasteiger partial charge in [0.1, 0.15) is 6.04 Å². The molecule has 0 radical (unpaired) electrons. The molecular weight excluding hydrogens is 570 g/mol. The Morgan fingerprint density at radius 3 is 2.19 bits per heavy atom. The van der Waals surface area contributed by atoms with Crippen molar-refractivity contribution in [2.45, 2.75) is 77.8 Å². The van der Waals surface area contributed by atoms with E-state index >= 15 is 0 Å². The average Bonchev–Trinajstić information content (AvgIpc) is 2.98. The first kappa shape index (κ1) is 35.8. The number of benzene rings is 2. The van der Waals surface area contributed by atoms with E-state index in [-0.39, 0.29) is 29.6 Å². The molecule has 2 amide bonds. The van der Waals surface area contributed by atoms with Crippen molar-refractivity contribution in [2.24, 2.45) is 17.8 Å². The van der Waals surface area contributed by atoms with Crippen molar-refractivity contribution in [3.63, 3.8) is 0 Å². The minimum atomic E-state index is -3.71. The van der Waals surface area contributed by atoms with Crippen molar-refractivity contribution in [3.05, 3.63) is 65.7 Å². The van der Waals surface area contributed by atoms with Gasteiger partial charge >= 0.3 is 5.97 Å². The lowest BCUT2D eigenvalue weighted by atomic mass is 9.91. The average molecular weight is 618 g/mol. The fourth-order valence-corrected chi connectivity index (χ4v) is 5.92. The van der Waals surface area contributed by atoms with E-state index < -0.39 is 51.9 Å². The standard InChI is InChI=1S/C32H47N3O7S/c1-8-22(4)29(32(39)42-7)34-30(37)23(5)18-28(36)27(17-21(2)3)33-31(38)25-15-12-16-26(19-25)35(6)43(40,41)20-24-13-10-9-11-14-24/h9-16,19,21-23,27-29,36H,8,17-18,20H2,1-7H3,(H,33,38)(H,34,37)/t22-,23-,27+,28+,29+/m1/s1. The summed E-state index contributed by atoms with van der Waals surface area (Å²) in [5.74, 6) is -2.24. The number of rotatable bonds is 16. The Kier molecular flexibility index (Phi) is 13.7. The topological polar surface area (TPSA) is 142 Å². The Labute approximate surface area is 256 Å². The molecule has 0 aliphatic rings. The monoisotopic (exact) mass is 617 g/mol. The van der Waals surface area contributed by atoms with Gasteiger partial charge in [0.25, 0.3) is 5.91 Å². The van der Waals surface area contributed by atoms with E-state index in [4.69, 9.17) is 4.74 Å². The molecule has 2 aromatic rings. The molecule has 0 aromatic heterocycles. The Bertz CT molecular complexity index is 1320. The van der Waals surface area contributed by atoms with Crippen LogP contribution in [-0.4, -0.2) is 63.7 Å². The SMILES string of the molecule is CC[C@@H](C)[C@H](NC(=O)[C@H](C)C[C@H](O)[C@H](CC(C)C)NC(=O)c1cccc(N(C)S(=O)(=O)Cc2ccccc2)c1)C(=O)OC. The molecule has 5 atom stereocenters. The van der Waals surface area contributed by atoms with Crippen LogP contribution in [0.1, 0.15) is 69.8 Å². The Morgan fingerprint density at radius 2 is 1.60 bits per heavy atom. The highest BCUT2D eigenvalue weighted by atomic mass is 32.2. The molecule has 0 fully saturated rings. The summed E-state index contributed by atoms with van der Waals surface area (Å²) in [4.78, 5) is 38.5. The van der Waals surface area contributed by atoms with Crippen LogP contribution in [0.2, 0.25) is 0 Å². The molecule has 0 heterocycles. The maximum atomic E-state index is 13.3. The number of sulfonamides is 1. The number of methoxy groups -OCH3 is 1. The summed E-state index contributed by atoms with van der Waals surface area (Å²) in [6, 6.07) is 13.7. The largest absolute Gasteiger partial charge is 0.467 e. The lowest BCUT2D eigenvalue weighted by molar-refractivity contribution is -0.147. The number of nitrogens with zero attached hydrogens (tertiary/aromatic N) is 1. The molecule has 0 aliphatic heterocycles. The molecule has 3 N–H and O–H groups in total. The van der Waals surface area contributed by atoms with E-state index in [0.29, 0.717) is 24.1 Å². The minimum Gasteiger partial charge on any atom is -0.467 e. The number of hydrogen-bond donors (Lipinski definition) is 3. The van der Waals surface area contributed by atoms with Crippen LogP contribution >= 0.6 is 0 Å². The number of anilines is 1. The molecule has 0 bridgehead atoms. The number of aliphatic hydroxyl groups is 1. The van der Waals surface area contributed by atoms with Gasteiger partial charge < -0.3 is 20.5 Å². The van der Waals surface area contributed by atoms with E-state index in [1.54, 1.807) is 49.4 Å². The van der Waals surface area contributed by atoms with Crippen molar-refractivity contribution in [3.8, 4) is 0 Å². The van der Waals surface area contributed by atoms with Crippen molar-refractivity contribution in [1.82, 2.24) is 10.6 Å². The third-order valence-corrected chi connectivity index (χ3v) is 9.34. The van der Waals surface area contributed by atoms with Gasteiger partial charge in [-0.3, -0.25) is 13.9 Å². The highest BCUT2D eigenvalue weighted by Gasteiger charge is 2.31. The van der Waals surface area contributed by atoms with Crippen molar-refractivity contribution < 1.29 is 32.6 Å². The predicted molar refractivity (Wildman–Crippen MR) is 168 cm³/mol. The fraction of sp³-hybridized carbons (Fsp3) is 0.531. The van der Waals surface area contributed by atoms with E-state index in [9.17, 15) is 27.9 Å². The zero-order chi connectivity index (χ0) is 32.3. The van der Waals surface area contributed by atoms with Gasteiger partial charge in [0.05, 0.1) is 30.7 Å². The van der Waals surface area contributed by atoms with Crippen LogP contribution in [-0.2, 0) is 30.1 Å². The molecule has 0 saturated carbocycles.